The van der Waals surface area contributed by atoms with Crippen molar-refractivity contribution >= 4 is 17.6 Å². The number of carbonyl (C=O) groups excluding carboxylic acids is 1. The molecule has 1 aliphatic heterocycles. The molecule has 2 heterocycles. The summed E-state index contributed by atoms with van der Waals surface area (Å²) in [7, 11) is 0. The molecule has 0 spiro atoms. The van der Waals surface area contributed by atoms with E-state index in [1.54, 1.807) is 18.5 Å². The molecule has 1 aromatic carbocycles. The molecule has 2 aromatic rings. The monoisotopic (exact) mass is 441 g/mol. The summed E-state index contributed by atoms with van der Waals surface area (Å²) in [6, 6.07) is 8.17. The van der Waals surface area contributed by atoms with E-state index in [1.165, 1.54) is 12.1 Å². The van der Waals surface area contributed by atoms with Gasteiger partial charge in [-0.05, 0) is 53.8 Å². The smallest absolute Gasteiger partial charge is 0.336 e. The summed E-state index contributed by atoms with van der Waals surface area (Å²) in [6.45, 7) is 3.97. The van der Waals surface area contributed by atoms with Crippen molar-refractivity contribution in [1.82, 2.24) is 10.3 Å². The molecule has 0 bridgehead atoms. The van der Waals surface area contributed by atoms with Crippen molar-refractivity contribution < 1.29 is 13.9 Å². The molecular weight excluding hydrogens is 421 g/mol. The summed E-state index contributed by atoms with van der Waals surface area (Å²) in [6.07, 6.45) is 3.48. The Hall–Kier alpha value is -3.09. The summed E-state index contributed by atoms with van der Waals surface area (Å²) >= 11 is 6.45. The van der Waals surface area contributed by atoms with Gasteiger partial charge in [0.15, 0.2) is 0 Å². The molecule has 1 saturated carbocycles. The zero-order valence-electron chi connectivity index (χ0n) is 17.0. The molecule has 4 rings (SSSR count). The van der Waals surface area contributed by atoms with E-state index >= 15 is 0 Å². The van der Waals surface area contributed by atoms with Crippen LogP contribution in [0.2, 0.25) is 5.02 Å². The SMILES string of the molecule is CC1=C(C(=O)OCCN=[N+]=[N-])C(c2ccc(F)cc2Cl)C2C(C)C2(c2ccncc2)N1. The van der Waals surface area contributed by atoms with E-state index in [2.05, 4.69) is 27.3 Å². The molecule has 2 aliphatic rings. The Kier molecular flexibility index (Phi) is 5.60. The molecular formula is C22H21ClFN5O2. The largest absolute Gasteiger partial charge is 0.462 e. The number of rotatable bonds is 6. The highest BCUT2D eigenvalue weighted by molar-refractivity contribution is 6.31. The molecule has 160 valence electrons. The molecule has 31 heavy (non-hydrogen) atoms. The first-order valence-electron chi connectivity index (χ1n) is 9.94. The highest BCUT2D eigenvalue weighted by atomic mass is 35.5. The third kappa shape index (κ3) is 3.52. The maximum atomic E-state index is 13.8. The maximum absolute atomic E-state index is 13.8. The number of allylic oxidation sites excluding steroid dienone is 1. The van der Waals surface area contributed by atoms with Crippen molar-refractivity contribution in [3.8, 4) is 0 Å². The van der Waals surface area contributed by atoms with Gasteiger partial charge in [0.1, 0.15) is 5.82 Å². The fraction of sp³-hybridized carbons (Fsp3) is 0.364. The second kappa shape index (κ2) is 8.21. The summed E-state index contributed by atoms with van der Waals surface area (Å²) in [4.78, 5) is 19.8. The Morgan fingerprint density at radius 2 is 2.13 bits per heavy atom. The van der Waals surface area contributed by atoms with Gasteiger partial charge in [-0.15, -0.1) is 0 Å². The van der Waals surface area contributed by atoms with E-state index in [1.807, 2.05) is 19.1 Å². The predicted molar refractivity (Wildman–Crippen MR) is 114 cm³/mol. The van der Waals surface area contributed by atoms with Gasteiger partial charge in [0.25, 0.3) is 0 Å². The predicted octanol–water partition coefficient (Wildman–Crippen LogP) is 4.85. The minimum Gasteiger partial charge on any atom is -0.462 e. The van der Waals surface area contributed by atoms with Crippen molar-refractivity contribution in [2.45, 2.75) is 25.3 Å². The van der Waals surface area contributed by atoms with Crippen LogP contribution in [0.3, 0.4) is 0 Å². The number of ether oxygens (including phenoxy) is 1. The van der Waals surface area contributed by atoms with E-state index in [-0.39, 0.29) is 41.5 Å². The lowest BCUT2D eigenvalue weighted by Gasteiger charge is -2.34. The molecule has 0 radical (unpaired) electrons. The van der Waals surface area contributed by atoms with Gasteiger partial charge in [-0.1, -0.05) is 29.7 Å². The molecule has 1 fully saturated rings. The van der Waals surface area contributed by atoms with E-state index < -0.39 is 11.8 Å². The third-order valence-electron chi connectivity index (χ3n) is 6.31. The zero-order valence-corrected chi connectivity index (χ0v) is 17.8. The Balaban J connectivity index is 1.79. The number of halogens is 2. The number of benzene rings is 1. The molecule has 1 N–H and O–H groups in total. The summed E-state index contributed by atoms with van der Waals surface area (Å²) in [5.41, 5.74) is 10.9. The molecule has 1 aromatic heterocycles. The highest BCUT2D eigenvalue weighted by Gasteiger charge is 2.69. The van der Waals surface area contributed by atoms with Gasteiger partial charge in [0.2, 0.25) is 0 Å². The fourth-order valence-corrected chi connectivity index (χ4v) is 5.26. The van der Waals surface area contributed by atoms with Crippen LogP contribution < -0.4 is 5.32 Å². The van der Waals surface area contributed by atoms with Crippen molar-refractivity contribution in [1.29, 1.82) is 0 Å². The van der Waals surface area contributed by atoms with Crippen molar-refractivity contribution in [2.75, 3.05) is 13.2 Å². The van der Waals surface area contributed by atoms with Gasteiger partial charge < -0.3 is 10.1 Å². The lowest BCUT2D eigenvalue weighted by molar-refractivity contribution is -0.139. The van der Waals surface area contributed by atoms with Gasteiger partial charge in [-0.3, -0.25) is 4.98 Å². The van der Waals surface area contributed by atoms with Crippen LogP contribution in [0.1, 0.15) is 30.9 Å². The van der Waals surface area contributed by atoms with Crippen LogP contribution in [0.25, 0.3) is 10.4 Å². The van der Waals surface area contributed by atoms with E-state index in [4.69, 9.17) is 21.9 Å². The minimum atomic E-state index is -0.508. The number of carbonyl (C=O) groups is 1. The number of pyridine rings is 1. The van der Waals surface area contributed by atoms with Gasteiger partial charge >= 0.3 is 5.97 Å². The Morgan fingerprint density at radius 3 is 2.81 bits per heavy atom. The van der Waals surface area contributed by atoms with Crippen LogP contribution in [-0.4, -0.2) is 24.1 Å². The Bertz CT molecular complexity index is 1100. The number of hydrogen-bond acceptors (Lipinski definition) is 5. The Morgan fingerprint density at radius 1 is 1.39 bits per heavy atom. The van der Waals surface area contributed by atoms with Crippen molar-refractivity contribution in [2.24, 2.45) is 17.0 Å². The van der Waals surface area contributed by atoms with Crippen LogP contribution in [0.15, 0.2) is 59.1 Å². The highest BCUT2D eigenvalue weighted by Crippen LogP contribution is 2.68. The van der Waals surface area contributed by atoms with Gasteiger partial charge in [-0.2, -0.15) is 0 Å². The number of hydrogen-bond donors (Lipinski definition) is 1. The van der Waals surface area contributed by atoms with E-state index in [0.717, 1.165) is 5.56 Å². The third-order valence-corrected chi connectivity index (χ3v) is 6.63. The number of azide groups is 1. The first-order chi connectivity index (χ1) is 14.9. The number of fused-ring (bicyclic) bond motifs is 1. The quantitative estimate of drug-likeness (QED) is 0.227. The maximum Gasteiger partial charge on any atom is 0.336 e. The van der Waals surface area contributed by atoms with Crippen LogP contribution in [0, 0.1) is 17.7 Å². The van der Waals surface area contributed by atoms with Crippen LogP contribution in [0.5, 0.6) is 0 Å². The second-order valence-corrected chi connectivity index (χ2v) is 8.22. The van der Waals surface area contributed by atoms with Gasteiger partial charge in [0.05, 0.1) is 24.3 Å². The second-order valence-electron chi connectivity index (χ2n) is 7.82. The average molecular weight is 442 g/mol. The standard InChI is InChI=1S/C22H21ClFN5O2/c1-12-20-19(16-4-3-15(24)11-17(16)23)18(21(30)31-10-9-27-29-25)13(2)28-22(12,20)14-5-7-26-8-6-14/h3-8,11-12,19-20,28H,9-10H2,1-2H3. The average Bonchev–Trinajstić information content (AvgIpc) is 3.35. The van der Waals surface area contributed by atoms with Crippen molar-refractivity contribution in [3.05, 3.63) is 86.4 Å². The van der Waals surface area contributed by atoms with Crippen LogP contribution in [0.4, 0.5) is 4.39 Å². The van der Waals surface area contributed by atoms with Crippen LogP contribution in [-0.2, 0) is 15.1 Å². The van der Waals surface area contributed by atoms with E-state index in [9.17, 15) is 9.18 Å². The Labute approximate surface area is 183 Å². The number of esters is 1. The number of nitrogens with one attached hydrogen (secondary N) is 1. The van der Waals surface area contributed by atoms with Gasteiger partial charge in [-0.25, -0.2) is 9.18 Å². The molecule has 7 nitrogen and oxygen atoms in total. The van der Waals surface area contributed by atoms with Gasteiger partial charge in [0, 0.05) is 39.9 Å². The minimum absolute atomic E-state index is 0.00115. The molecule has 9 heteroatoms. The zero-order chi connectivity index (χ0) is 22.2. The lowest BCUT2D eigenvalue weighted by atomic mass is 9.80. The molecule has 4 atom stereocenters. The summed E-state index contributed by atoms with van der Waals surface area (Å²) in [5, 5.41) is 7.21. The van der Waals surface area contributed by atoms with Crippen molar-refractivity contribution in [3.63, 3.8) is 0 Å². The molecule has 4 unspecified atom stereocenters. The number of nitrogens with zero attached hydrogens (tertiary/aromatic N) is 4. The molecule has 0 saturated heterocycles. The molecule has 1 aliphatic carbocycles. The summed E-state index contributed by atoms with van der Waals surface area (Å²) < 4.78 is 19.1. The van der Waals surface area contributed by atoms with E-state index in [0.29, 0.717) is 16.8 Å². The molecule has 0 amide bonds. The lowest BCUT2D eigenvalue weighted by Crippen LogP contribution is -2.39. The first-order valence-corrected chi connectivity index (χ1v) is 10.3. The fourth-order valence-electron chi connectivity index (χ4n) is 4.97. The topological polar surface area (TPSA) is 100.0 Å². The first kappa shape index (κ1) is 21.2. The van der Waals surface area contributed by atoms with Crippen LogP contribution >= 0.6 is 11.6 Å². The summed E-state index contributed by atoms with van der Waals surface area (Å²) in [5.74, 6) is -1.16. The number of aromatic nitrogens is 1. The normalized spacial score (nSPS) is 26.4.